The van der Waals surface area contributed by atoms with Crippen LogP contribution in [0.3, 0.4) is 0 Å². The van der Waals surface area contributed by atoms with Gasteiger partial charge in [0.1, 0.15) is 0 Å². The van der Waals surface area contributed by atoms with E-state index in [1.165, 1.54) is 10.4 Å². The van der Waals surface area contributed by atoms with Crippen LogP contribution in [0.5, 0.6) is 0 Å². The number of rotatable bonds is 7. The lowest BCUT2D eigenvalue weighted by Gasteiger charge is -2.34. The summed E-state index contributed by atoms with van der Waals surface area (Å²) in [6.45, 7) is 5.07. The fourth-order valence-corrected chi connectivity index (χ4v) is 4.02. The SMILES string of the molecule is Cc1ccc(CC(=O)N2CCN(CC(=O)NC(=O)NCCc3cccs3)CC2)cc1. The highest BCUT2D eigenvalue weighted by Crippen LogP contribution is 2.09. The van der Waals surface area contributed by atoms with E-state index in [2.05, 4.69) is 10.6 Å². The highest BCUT2D eigenvalue weighted by Gasteiger charge is 2.23. The summed E-state index contributed by atoms with van der Waals surface area (Å²) in [6.07, 6.45) is 1.14. The van der Waals surface area contributed by atoms with Crippen LogP contribution in [-0.4, -0.2) is 66.9 Å². The maximum atomic E-state index is 12.5. The fraction of sp³-hybridized carbons (Fsp3) is 0.409. The van der Waals surface area contributed by atoms with Gasteiger partial charge >= 0.3 is 6.03 Å². The van der Waals surface area contributed by atoms with E-state index in [0.717, 1.165) is 12.0 Å². The lowest BCUT2D eigenvalue weighted by molar-refractivity contribution is -0.132. The summed E-state index contributed by atoms with van der Waals surface area (Å²) in [5.41, 5.74) is 2.19. The molecular formula is C22H28N4O3S. The van der Waals surface area contributed by atoms with Gasteiger partial charge in [-0.3, -0.25) is 19.8 Å². The van der Waals surface area contributed by atoms with Crippen molar-refractivity contribution in [1.29, 1.82) is 0 Å². The second kappa shape index (κ2) is 10.9. The van der Waals surface area contributed by atoms with Crippen LogP contribution in [0.4, 0.5) is 4.79 Å². The lowest BCUT2D eigenvalue weighted by atomic mass is 10.1. The van der Waals surface area contributed by atoms with Gasteiger partial charge in [-0.25, -0.2) is 4.79 Å². The molecule has 2 N–H and O–H groups in total. The molecule has 0 saturated carbocycles. The molecule has 1 aromatic heterocycles. The first-order chi connectivity index (χ1) is 14.5. The van der Waals surface area contributed by atoms with Crippen molar-refractivity contribution >= 4 is 29.2 Å². The third-order valence-corrected chi connectivity index (χ3v) is 5.99. The van der Waals surface area contributed by atoms with Crippen molar-refractivity contribution in [3.05, 3.63) is 57.8 Å². The molecule has 0 spiro atoms. The number of hydrogen-bond donors (Lipinski definition) is 2. The Morgan fingerprint density at radius 1 is 1.03 bits per heavy atom. The Balaban J connectivity index is 1.32. The van der Waals surface area contributed by atoms with Crippen molar-refractivity contribution in [3.63, 3.8) is 0 Å². The Hall–Kier alpha value is -2.71. The summed E-state index contributed by atoms with van der Waals surface area (Å²) in [6, 6.07) is 11.5. The average Bonchev–Trinajstić information content (AvgIpc) is 3.23. The van der Waals surface area contributed by atoms with Crippen LogP contribution < -0.4 is 10.6 Å². The second-order valence-electron chi connectivity index (χ2n) is 7.45. The molecule has 1 aromatic carbocycles. The minimum atomic E-state index is -0.469. The van der Waals surface area contributed by atoms with Crippen LogP contribution in [0.1, 0.15) is 16.0 Å². The standard InChI is InChI=1S/C22H28N4O3S/c1-17-4-6-18(7-5-17)15-21(28)26-12-10-25(11-13-26)16-20(27)24-22(29)23-9-8-19-3-2-14-30-19/h2-7,14H,8-13,15-16H2,1H3,(H2,23,24,27,29). The minimum absolute atomic E-state index is 0.105. The van der Waals surface area contributed by atoms with E-state index in [9.17, 15) is 14.4 Å². The Bertz CT molecular complexity index is 844. The molecule has 1 fully saturated rings. The van der Waals surface area contributed by atoms with E-state index in [4.69, 9.17) is 0 Å². The molecular weight excluding hydrogens is 400 g/mol. The van der Waals surface area contributed by atoms with Crippen LogP contribution in [0.15, 0.2) is 41.8 Å². The number of aryl methyl sites for hydroxylation is 1. The molecule has 7 nitrogen and oxygen atoms in total. The van der Waals surface area contributed by atoms with Crippen molar-refractivity contribution < 1.29 is 14.4 Å². The number of carbonyl (C=O) groups is 3. The maximum absolute atomic E-state index is 12.5. The molecule has 1 aliphatic rings. The van der Waals surface area contributed by atoms with E-state index in [1.807, 2.05) is 58.5 Å². The van der Waals surface area contributed by atoms with Gasteiger partial charge in [-0.2, -0.15) is 0 Å². The second-order valence-corrected chi connectivity index (χ2v) is 8.48. The third-order valence-electron chi connectivity index (χ3n) is 5.06. The quantitative estimate of drug-likeness (QED) is 0.705. The highest BCUT2D eigenvalue weighted by molar-refractivity contribution is 7.09. The van der Waals surface area contributed by atoms with Crippen molar-refractivity contribution in [2.45, 2.75) is 19.8 Å². The molecule has 2 heterocycles. The van der Waals surface area contributed by atoms with Crippen LogP contribution in [0.2, 0.25) is 0 Å². The van der Waals surface area contributed by atoms with Crippen LogP contribution in [0.25, 0.3) is 0 Å². The Morgan fingerprint density at radius 2 is 1.77 bits per heavy atom. The van der Waals surface area contributed by atoms with Crippen molar-refractivity contribution in [1.82, 2.24) is 20.4 Å². The number of urea groups is 1. The number of nitrogens with zero attached hydrogens (tertiary/aromatic N) is 2. The molecule has 0 bridgehead atoms. The fourth-order valence-electron chi connectivity index (χ4n) is 3.32. The zero-order valence-electron chi connectivity index (χ0n) is 17.2. The summed E-state index contributed by atoms with van der Waals surface area (Å²) < 4.78 is 0. The first kappa shape index (κ1) is 22.0. The minimum Gasteiger partial charge on any atom is -0.340 e. The van der Waals surface area contributed by atoms with Gasteiger partial charge in [0.05, 0.1) is 13.0 Å². The lowest BCUT2D eigenvalue weighted by Crippen LogP contribution is -2.52. The number of thiophene rings is 1. The number of hydrogen-bond acceptors (Lipinski definition) is 5. The van der Waals surface area contributed by atoms with Gasteiger partial charge in [0, 0.05) is 37.6 Å². The molecule has 0 radical (unpaired) electrons. The molecule has 30 heavy (non-hydrogen) atoms. The zero-order valence-corrected chi connectivity index (χ0v) is 18.0. The topological polar surface area (TPSA) is 81.8 Å². The zero-order chi connectivity index (χ0) is 21.3. The molecule has 2 aromatic rings. The number of piperazine rings is 1. The van der Waals surface area contributed by atoms with Crippen LogP contribution in [0, 0.1) is 6.92 Å². The number of nitrogens with one attached hydrogen (secondary N) is 2. The summed E-state index contributed by atoms with van der Waals surface area (Å²) in [4.78, 5) is 41.4. The van der Waals surface area contributed by atoms with E-state index in [1.54, 1.807) is 11.3 Å². The summed E-state index contributed by atoms with van der Waals surface area (Å²) in [5, 5.41) is 7.07. The van der Waals surface area contributed by atoms with E-state index in [0.29, 0.717) is 39.1 Å². The molecule has 160 valence electrons. The number of benzene rings is 1. The van der Waals surface area contributed by atoms with Gasteiger partial charge in [0.2, 0.25) is 11.8 Å². The van der Waals surface area contributed by atoms with E-state index < -0.39 is 6.03 Å². The van der Waals surface area contributed by atoms with Crippen LogP contribution in [-0.2, 0) is 22.4 Å². The average molecular weight is 429 g/mol. The summed E-state index contributed by atoms with van der Waals surface area (Å²) in [7, 11) is 0. The predicted octanol–water partition coefficient (Wildman–Crippen LogP) is 1.81. The summed E-state index contributed by atoms with van der Waals surface area (Å²) >= 11 is 1.64. The Morgan fingerprint density at radius 3 is 2.43 bits per heavy atom. The first-order valence-corrected chi connectivity index (χ1v) is 11.0. The number of amides is 4. The van der Waals surface area contributed by atoms with Gasteiger partial charge in [0.25, 0.3) is 0 Å². The van der Waals surface area contributed by atoms with E-state index in [-0.39, 0.29) is 18.4 Å². The van der Waals surface area contributed by atoms with Crippen molar-refractivity contribution in [2.24, 2.45) is 0 Å². The molecule has 4 amide bonds. The van der Waals surface area contributed by atoms with E-state index >= 15 is 0 Å². The Kier molecular flexibility index (Phi) is 7.98. The predicted molar refractivity (Wildman–Crippen MR) is 117 cm³/mol. The normalized spacial score (nSPS) is 14.4. The number of carbonyl (C=O) groups excluding carboxylic acids is 3. The van der Waals surface area contributed by atoms with Gasteiger partial charge in [-0.1, -0.05) is 35.9 Å². The monoisotopic (exact) mass is 428 g/mol. The van der Waals surface area contributed by atoms with Crippen molar-refractivity contribution in [3.8, 4) is 0 Å². The highest BCUT2D eigenvalue weighted by atomic mass is 32.1. The molecule has 0 unspecified atom stereocenters. The molecule has 1 saturated heterocycles. The molecule has 1 aliphatic heterocycles. The van der Waals surface area contributed by atoms with Gasteiger partial charge in [-0.05, 0) is 30.4 Å². The number of imide groups is 1. The van der Waals surface area contributed by atoms with Gasteiger partial charge in [0.15, 0.2) is 0 Å². The van der Waals surface area contributed by atoms with Gasteiger partial charge < -0.3 is 10.2 Å². The smallest absolute Gasteiger partial charge is 0.321 e. The van der Waals surface area contributed by atoms with Gasteiger partial charge in [-0.15, -0.1) is 11.3 Å². The molecule has 3 rings (SSSR count). The largest absolute Gasteiger partial charge is 0.340 e. The Labute approximate surface area is 181 Å². The third kappa shape index (κ3) is 6.96. The maximum Gasteiger partial charge on any atom is 0.321 e. The molecule has 0 atom stereocenters. The van der Waals surface area contributed by atoms with Crippen LogP contribution >= 0.6 is 11.3 Å². The summed E-state index contributed by atoms with van der Waals surface area (Å²) in [5.74, 6) is -0.226. The molecule has 0 aliphatic carbocycles. The molecule has 8 heteroatoms. The van der Waals surface area contributed by atoms with Crippen molar-refractivity contribution in [2.75, 3.05) is 39.3 Å². The first-order valence-electron chi connectivity index (χ1n) is 10.2.